The summed E-state index contributed by atoms with van der Waals surface area (Å²) >= 11 is 0. The molecule has 1 N–H and O–H groups in total. The number of nitrogens with one attached hydrogen (secondary N) is 1. The minimum atomic E-state index is -0.307. The van der Waals surface area contributed by atoms with Gasteiger partial charge < -0.3 is 10.1 Å². The number of halogens is 1. The normalized spacial score (nSPS) is 12.9. The standard InChI is InChI=1S/C13H20FNO/c1-9(2)8-15-10(3)11-5-6-13(16-4)12(14)7-11/h5-7,9-10,15H,8H2,1-4H3/t10-/m0/s1. The molecule has 0 aliphatic heterocycles. The minimum Gasteiger partial charge on any atom is -0.494 e. The molecule has 1 rings (SSSR count). The van der Waals surface area contributed by atoms with Crippen LogP contribution < -0.4 is 10.1 Å². The van der Waals surface area contributed by atoms with Crippen LogP contribution in [0.2, 0.25) is 0 Å². The number of hydrogen-bond acceptors (Lipinski definition) is 2. The second-order valence-electron chi connectivity index (χ2n) is 4.42. The molecule has 0 bridgehead atoms. The first-order chi connectivity index (χ1) is 7.54. The fourth-order valence-corrected chi connectivity index (χ4v) is 1.48. The van der Waals surface area contributed by atoms with E-state index in [1.165, 1.54) is 13.2 Å². The molecular weight excluding hydrogens is 205 g/mol. The summed E-state index contributed by atoms with van der Waals surface area (Å²) in [5.41, 5.74) is 0.943. The van der Waals surface area contributed by atoms with E-state index in [0.29, 0.717) is 11.7 Å². The zero-order chi connectivity index (χ0) is 12.1. The third-order valence-electron chi connectivity index (χ3n) is 2.51. The molecule has 0 amide bonds. The Morgan fingerprint density at radius 2 is 2.00 bits per heavy atom. The van der Waals surface area contributed by atoms with Crippen molar-refractivity contribution in [3.63, 3.8) is 0 Å². The molecule has 2 nitrogen and oxygen atoms in total. The van der Waals surface area contributed by atoms with Gasteiger partial charge in [0.2, 0.25) is 0 Å². The SMILES string of the molecule is COc1ccc([C@H](C)NCC(C)C)cc1F. The Labute approximate surface area is 96.8 Å². The highest BCUT2D eigenvalue weighted by Crippen LogP contribution is 2.21. The van der Waals surface area contributed by atoms with Crippen LogP contribution in [0.15, 0.2) is 18.2 Å². The summed E-state index contributed by atoms with van der Waals surface area (Å²) in [6.07, 6.45) is 0. The van der Waals surface area contributed by atoms with Gasteiger partial charge in [-0.3, -0.25) is 0 Å². The third kappa shape index (κ3) is 3.49. The Morgan fingerprint density at radius 3 is 2.50 bits per heavy atom. The molecule has 0 radical (unpaired) electrons. The molecule has 0 spiro atoms. The third-order valence-corrected chi connectivity index (χ3v) is 2.51. The summed E-state index contributed by atoms with van der Waals surface area (Å²) in [7, 11) is 1.47. The first kappa shape index (κ1) is 13.0. The summed E-state index contributed by atoms with van der Waals surface area (Å²) < 4.78 is 18.3. The molecule has 0 aliphatic carbocycles. The number of benzene rings is 1. The number of rotatable bonds is 5. The van der Waals surface area contributed by atoms with Gasteiger partial charge in [-0.15, -0.1) is 0 Å². The number of methoxy groups -OCH3 is 1. The Morgan fingerprint density at radius 1 is 1.31 bits per heavy atom. The van der Waals surface area contributed by atoms with Crippen molar-refractivity contribution >= 4 is 0 Å². The first-order valence-electron chi connectivity index (χ1n) is 5.61. The highest BCUT2D eigenvalue weighted by Gasteiger charge is 2.09. The highest BCUT2D eigenvalue weighted by molar-refractivity contribution is 5.30. The van der Waals surface area contributed by atoms with Crippen LogP contribution in [-0.4, -0.2) is 13.7 Å². The smallest absolute Gasteiger partial charge is 0.165 e. The molecule has 1 aromatic carbocycles. The molecule has 90 valence electrons. The van der Waals surface area contributed by atoms with Gasteiger partial charge in [0.05, 0.1) is 7.11 Å². The maximum absolute atomic E-state index is 13.5. The maximum atomic E-state index is 13.5. The summed E-state index contributed by atoms with van der Waals surface area (Å²) in [5, 5.41) is 3.36. The van der Waals surface area contributed by atoms with Crippen LogP contribution in [0.25, 0.3) is 0 Å². The maximum Gasteiger partial charge on any atom is 0.165 e. The Bertz CT molecular complexity index is 339. The Hall–Kier alpha value is -1.09. The van der Waals surface area contributed by atoms with Crippen LogP contribution in [0.4, 0.5) is 4.39 Å². The van der Waals surface area contributed by atoms with Crippen molar-refractivity contribution < 1.29 is 9.13 Å². The molecule has 3 heteroatoms. The van der Waals surface area contributed by atoms with E-state index in [1.807, 2.05) is 13.0 Å². The Balaban J connectivity index is 2.69. The lowest BCUT2D eigenvalue weighted by Gasteiger charge is -2.16. The quantitative estimate of drug-likeness (QED) is 0.831. The van der Waals surface area contributed by atoms with Gasteiger partial charge in [-0.05, 0) is 37.1 Å². The summed E-state index contributed by atoms with van der Waals surface area (Å²) in [6, 6.07) is 5.23. The molecule has 0 aromatic heterocycles. The molecule has 1 aromatic rings. The van der Waals surface area contributed by atoms with Crippen LogP contribution in [0, 0.1) is 11.7 Å². The molecule has 0 fully saturated rings. The summed E-state index contributed by atoms with van der Waals surface area (Å²) in [5.74, 6) is 0.573. The van der Waals surface area contributed by atoms with Crippen LogP contribution in [0.3, 0.4) is 0 Å². The number of ether oxygens (including phenoxy) is 1. The predicted octanol–water partition coefficient (Wildman–Crippen LogP) is 3.14. The Kier molecular flexibility index (Phi) is 4.74. The monoisotopic (exact) mass is 225 g/mol. The molecular formula is C13H20FNO. The average Bonchev–Trinajstić information content (AvgIpc) is 2.25. The van der Waals surface area contributed by atoms with Gasteiger partial charge in [-0.1, -0.05) is 19.9 Å². The molecule has 0 heterocycles. The second kappa shape index (κ2) is 5.85. The minimum absolute atomic E-state index is 0.155. The summed E-state index contributed by atoms with van der Waals surface area (Å²) in [6.45, 7) is 7.25. The molecule has 0 saturated carbocycles. The van der Waals surface area contributed by atoms with Crippen molar-refractivity contribution in [2.45, 2.75) is 26.8 Å². The van der Waals surface area contributed by atoms with E-state index < -0.39 is 0 Å². The van der Waals surface area contributed by atoms with Gasteiger partial charge in [0, 0.05) is 6.04 Å². The van der Waals surface area contributed by atoms with Gasteiger partial charge in [0.1, 0.15) is 0 Å². The van der Waals surface area contributed by atoms with E-state index in [9.17, 15) is 4.39 Å². The van der Waals surface area contributed by atoms with Gasteiger partial charge in [0.15, 0.2) is 11.6 Å². The molecule has 16 heavy (non-hydrogen) atoms. The lowest BCUT2D eigenvalue weighted by atomic mass is 10.1. The van der Waals surface area contributed by atoms with Crippen molar-refractivity contribution in [2.75, 3.05) is 13.7 Å². The largest absolute Gasteiger partial charge is 0.494 e. The lowest BCUT2D eigenvalue weighted by molar-refractivity contribution is 0.385. The highest BCUT2D eigenvalue weighted by atomic mass is 19.1. The van der Waals surface area contributed by atoms with Gasteiger partial charge >= 0.3 is 0 Å². The van der Waals surface area contributed by atoms with E-state index in [2.05, 4.69) is 19.2 Å². The summed E-state index contributed by atoms with van der Waals surface area (Å²) in [4.78, 5) is 0. The van der Waals surface area contributed by atoms with Crippen LogP contribution in [0.5, 0.6) is 5.75 Å². The van der Waals surface area contributed by atoms with E-state index in [-0.39, 0.29) is 11.9 Å². The molecule has 0 unspecified atom stereocenters. The van der Waals surface area contributed by atoms with E-state index >= 15 is 0 Å². The van der Waals surface area contributed by atoms with E-state index in [4.69, 9.17) is 4.74 Å². The molecule has 0 aliphatic rings. The van der Waals surface area contributed by atoms with Gasteiger partial charge in [-0.2, -0.15) is 0 Å². The molecule has 0 saturated heterocycles. The fourth-order valence-electron chi connectivity index (χ4n) is 1.48. The topological polar surface area (TPSA) is 21.3 Å². The fraction of sp³-hybridized carbons (Fsp3) is 0.538. The zero-order valence-corrected chi connectivity index (χ0v) is 10.4. The first-order valence-corrected chi connectivity index (χ1v) is 5.61. The van der Waals surface area contributed by atoms with Gasteiger partial charge in [-0.25, -0.2) is 4.39 Å². The second-order valence-corrected chi connectivity index (χ2v) is 4.42. The van der Waals surface area contributed by atoms with Crippen LogP contribution >= 0.6 is 0 Å². The van der Waals surface area contributed by atoms with Crippen LogP contribution in [0.1, 0.15) is 32.4 Å². The number of hydrogen-bond donors (Lipinski definition) is 1. The van der Waals surface area contributed by atoms with Crippen molar-refractivity contribution in [1.29, 1.82) is 0 Å². The predicted molar refractivity (Wildman–Crippen MR) is 64.2 cm³/mol. The zero-order valence-electron chi connectivity index (χ0n) is 10.4. The van der Waals surface area contributed by atoms with E-state index in [1.54, 1.807) is 6.07 Å². The van der Waals surface area contributed by atoms with Crippen molar-refractivity contribution in [3.05, 3.63) is 29.6 Å². The van der Waals surface area contributed by atoms with Crippen molar-refractivity contribution in [3.8, 4) is 5.75 Å². The van der Waals surface area contributed by atoms with Gasteiger partial charge in [0.25, 0.3) is 0 Å². The van der Waals surface area contributed by atoms with Crippen molar-refractivity contribution in [2.24, 2.45) is 5.92 Å². The van der Waals surface area contributed by atoms with Crippen LogP contribution in [-0.2, 0) is 0 Å². The average molecular weight is 225 g/mol. The lowest BCUT2D eigenvalue weighted by Crippen LogP contribution is -2.23. The van der Waals surface area contributed by atoms with Crippen molar-refractivity contribution in [1.82, 2.24) is 5.32 Å². The molecule has 1 atom stereocenters. The van der Waals surface area contributed by atoms with E-state index in [0.717, 1.165) is 12.1 Å².